The van der Waals surface area contributed by atoms with Crippen LogP contribution in [0, 0.1) is 0 Å². The molecule has 13 heteroatoms. The van der Waals surface area contributed by atoms with E-state index in [2.05, 4.69) is 9.97 Å². The predicted molar refractivity (Wildman–Crippen MR) is 241 cm³/mol. The Morgan fingerprint density at radius 1 is 0.316 bits per heavy atom. The summed E-state index contributed by atoms with van der Waals surface area (Å²) in [7, 11) is 0. The Hall–Kier alpha value is -3.69. The molecule has 0 spiro atoms. The number of fused-ring (bicyclic) bond motifs is 8. The minimum atomic E-state index is 0. The second-order valence-corrected chi connectivity index (χ2v) is 16.4. The third-order valence-corrected chi connectivity index (χ3v) is 11.7. The van der Waals surface area contributed by atoms with Crippen LogP contribution in [0.2, 0.25) is 40.2 Å². The third-order valence-electron chi connectivity index (χ3n) is 9.56. The van der Waals surface area contributed by atoms with Crippen molar-refractivity contribution in [1.29, 1.82) is 0 Å². The number of benzene rings is 4. The van der Waals surface area contributed by atoms with E-state index in [-0.39, 0.29) is 16.8 Å². The van der Waals surface area contributed by atoms with Gasteiger partial charge in [0.15, 0.2) is 0 Å². The third kappa shape index (κ3) is 7.56. The van der Waals surface area contributed by atoms with Gasteiger partial charge in [-0.25, -0.2) is 9.97 Å². The van der Waals surface area contributed by atoms with Gasteiger partial charge in [-0.05, 0) is 97.1 Å². The summed E-state index contributed by atoms with van der Waals surface area (Å²) >= 11 is 53.4. The van der Waals surface area contributed by atoms with Gasteiger partial charge >= 0.3 is 16.8 Å². The van der Waals surface area contributed by atoms with E-state index in [1.54, 1.807) is 48.5 Å². The van der Waals surface area contributed by atoms with E-state index in [9.17, 15) is 0 Å². The van der Waals surface area contributed by atoms with Gasteiger partial charge in [0.2, 0.25) is 0 Å². The first-order valence-corrected chi connectivity index (χ1v) is 20.0. The summed E-state index contributed by atoms with van der Waals surface area (Å²) in [6, 6.07) is 29.5. The number of hydrogen-bond acceptors (Lipinski definition) is 2. The number of aromatic nitrogens is 4. The first kappa shape index (κ1) is 40.1. The van der Waals surface area contributed by atoms with Crippen molar-refractivity contribution >= 4 is 139 Å². The fourth-order valence-electron chi connectivity index (χ4n) is 7.11. The van der Waals surface area contributed by atoms with E-state index in [1.807, 2.05) is 72.8 Å². The average molecular weight is 949 g/mol. The van der Waals surface area contributed by atoms with Gasteiger partial charge in [-0.2, -0.15) is 0 Å². The first-order chi connectivity index (χ1) is 27.0. The molecule has 8 bridgehead atoms. The Morgan fingerprint density at radius 2 is 0.544 bits per heavy atom. The molecule has 9 rings (SSSR count). The smallest absolute Gasteiger partial charge is 0.354 e. The molecule has 4 nitrogen and oxygen atoms in total. The Balaban J connectivity index is 0.00000455. The van der Waals surface area contributed by atoms with Gasteiger partial charge in [-0.1, -0.05) is 117 Å². The van der Waals surface area contributed by atoms with E-state index >= 15 is 0 Å². The second kappa shape index (κ2) is 16.2. The quantitative estimate of drug-likeness (QED) is 0.185. The maximum absolute atomic E-state index is 6.94. The molecule has 0 atom stereocenters. The molecule has 3 aromatic heterocycles. The fraction of sp³-hybridized carbons (Fsp3) is 0. The van der Waals surface area contributed by atoms with Crippen molar-refractivity contribution in [2.24, 2.45) is 0 Å². The summed E-state index contributed by atoms with van der Waals surface area (Å²) in [5, 5.41) is 3.86. The predicted octanol–water partition coefficient (Wildman–Crippen LogP) is 16.5. The molecule has 0 saturated heterocycles. The van der Waals surface area contributed by atoms with Crippen LogP contribution in [0.25, 0.3) is 90.9 Å². The number of nitrogens with zero attached hydrogens (tertiary/aromatic N) is 2. The fourth-order valence-corrected chi connectivity index (χ4v) is 9.12. The summed E-state index contributed by atoms with van der Waals surface area (Å²) in [5.41, 5.74) is 11.4. The van der Waals surface area contributed by atoms with E-state index in [4.69, 9.17) is 103 Å². The van der Waals surface area contributed by atoms with Crippen LogP contribution in [0.5, 0.6) is 0 Å². The molecule has 1 radical (unpaired) electrons. The maximum Gasteiger partial charge on any atom is 2.00 e. The second-order valence-electron chi connectivity index (χ2n) is 13.0. The van der Waals surface area contributed by atoms with Crippen LogP contribution in [0.1, 0.15) is 22.8 Å². The molecule has 2 aliphatic rings. The van der Waals surface area contributed by atoms with Crippen molar-refractivity contribution in [3.63, 3.8) is 0 Å². The van der Waals surface area contributed by atoms with E-state index in [1.165, 1.54) is 0 Å². The molecule has 0 saturated carbocycles. The summed E-state index contributed by atoms with van der Waals surface area (Å²) in [6.07, 6.45) is 7.83. The molecule has 2 aliphatic heterocycles. The topological polar surface area (TPSA) is 57.4 Å². The minimum absolute atomic E-state index is 0. The first-order valence-electron chi connectivity index (χ1n) is 17.0. The standard InChI is InChI=1S/C44H22Cl8N4.Co/c45-21-1-5-25(29(49)17-21)41-33-9-11-35(53-33)42(26-6-2-22(46)18-30(26)50)37-13-15-39(55-37)44(28-8-4-24(48)20-32(28)52)40-16-14-38(56-40)43(36-12-10-34(41)54-36)27-7-3-23(47)19-31(27)51;/h1-20,53,56H;/q;+2. The normalized spacial score (nSPS) is 11.9. The number of nitrogens with one attached hydrogen (secondary N) is 2. The monoisotopic (exact) mass is 945 g/mol. The molecule has 7 aromatic rings. The SMILES string of the molecule is Clc1ccc(-c2c3nc(c(-c4ccc(Cl)cc4Cl)c4ccc([nH]4)c(-c4ccc(Cl)cc4Cl)c4nc(c(-c5ccc(Cl)cc5Cl)c5ccc2[nH]5)C=C4)C=C3)c(Cl)c1.[Co+2]. The Bertz CT molecular complexity index is 2640. The zero-order valence-corrected chi connectivity index (χ0v) is 35.9. The number of rotatable bonds is 4. The minimum Gasteiger partial charge on any atom is -0.354 e. The van der Waals surface area contributed by atoms with Gasteiger partial charge in [0.1, 0.15) is 0 Å². The van der Waals surface area contributed by atoms with Gasteiger partial charge in [0.05, 0.1) is 42.9 Å². The van der Waals surface area contributed by atoms with Crippen molar-refractivity contribution < 1.29 is 16.8 Å². The largest absolute Gasteiger partial charge is 2.00 e. The van der Waals surface area contributed by atoms with Crippen molar-refractivity contribution in [1.82, 2.24) is 19.9 Å². The van der Waals surface area contributed by atoms with Gasteiger partial charge in [0, 0.05) is 86.7 Å². The van der Waals surface area contributed by atoms with E-state index in [0.717, 1.165) is 66.6 Å². The summed E-state index contributed by atoms with van der Waals surface area (Å²) < 4.78 is 0. The Labute approximate surface area is 377 Å². The van der Waals surface area contributed by atoms with Crippen molar-refractivity contribution in [3.8, 4) is 44.5 Å². The van der Waals surface area contributed by atoms with Gasteiger partial charge in [-0.15, -0.1) is 0 Å². The summed E-state index contributed by atoms with van der Waals surface area (Å²) in [5.74, 6) is 0. The molecule has 0 fully saturated rings. The molecular weight excluding hydrogens is 927 g/mol. The van der Waals surface area contributed by atoms with Crippen LogP contribution in [0.15, 0.2) is 97.1 Å². The van der Waals surface area contributed by atoms with Gasteiger partial charge in [-0.3, -0.25) is 0 Å². The molecule has 0 unspecified atom stereocenters. The Kier molecular flexibility index (Phi) is 11.4. The summed E-state index contributed by atoms with van der Waals surface area (Å²) in [4.78, 5) is 17.9. The number of aromatic amines is 2. The van der Waals surface area contributed by atoms with Crippen molar-refractivity contribution in [3.05, 3.63) is 160 Å². The molecule has 281 valence electrons. The number of halogens is 8. The van der Waals surface area contributed by atoms with Crippen molar-refractivity contribution in [2.75, 3.05) is 0 Å². The molecule has 57 heavy (non-hydrogen) atoms. The number of H-pyrrole nitrogens is 2. The molecule has 2 N–H and O–H groups in total. The van der Waals surface area contributed by atoms with Gasteiger partial charge in [0.25, 0.3) is 0 Å². The zero-order chi connectivity index (χ0) is 38.8. The van der Waals surface area contributed by atoms with Crippen molar-refractivity contribution in [2.45, 2.75) is 0 Å². The maximum atomic E-state index is 6.94. The molecule has 0 aliphatic carbocycles. The van der Waals surface area contributed by atoms with Crippen LogP contribution in [-0.4, -0.2) is 19.9 Å². The van der Waals surface area contributed by atoms with Crippen LogP contribution >= 0.6 is 92.8 Å². The molecular formula is C44H22Cl8CoN4+2. The Morgan fingerprint density at radius 3 is 0.754 bits per heavy atom. The molecule has 4 aromatic carbocycles. The van der Waals surface area contributed by atoms with Crippen LogP contribution in [-0.2, 0) is 16.8 Å². The van der Waals surface area contributed by atoms with Crippen LogP contribution < -0.4 is 0 Å². The molecule has 0 amide bonds. The van der Waals surface area contributed by atoms with E-state index in [0.29, 0.717) is 63.0 Å². The average Bonchev–Trinajstić information content (AvgIpc) is 3.99. The zero-order valence-electron chi connectivity index (χ0n) is 28.8. The molecule has 5 heterocycles. The van der Waals surface area contributed by atoms with Gasteiger partial charge < -0.3 is 9.97 Å². The van der Waals surface area contributed by atoms with Crippen LogP contribution in [0.3, 0.4) is 0 Å². The summed E-state index contributed by atoms with van der Waals surface area (Å²) in [6.45, 7) is 0. The van der Waals surface area contributed by atoms with Crippen LogP contribution in [0.4, 0.5) is 0 Å². The van der Waals surface area contributed by atoms with E-state index < -0.39 is 0 Å². The number of hydrogen-bond donors (Lipinski definition) is 2.